The quantitative estimate of drug-likeness (QED) is 0.369. The summed E-state index contributed by atoms with van der Waals surface area (Å²) in [4.78, 5) is 18.5. The van der Waals surface area contributed by atoms with E-state index < -0.39 is 11.8 Å². The second-order valence-corrected chi connectivity index (χ2v) is 3.55. The highest BCUT2D eigenvalue weighted by molar-refractivity contribution is 5.80. The lowest BCUT2D eigenvalue weighted by molar-refractivity contribution is -0.264. The van der Waals surface area contributed by atoms with E-state index in [4.69, 9.17) is 0 Å². The minimum Gasteiger partial charge on any atom is -0.362 e. The predicted octanol–water partition coefficient (Wildman–Crippen LogP) is 1.90. The summed E-state index contributed by atoms with van der Waals surface area (Å²) in [5, 5.41) is 18.7. The van der Waals surface area contributed by atoms with E-state index in [9.17, 15) is 15.0 Å². The number of rotatable bonds is 5. The van der Waals surface area contributed by atoms with Gasteiger partial charge >= 0.3 is 5.97 Å². The van der Waals surface area contributed by atoms with Gasteiger partial charge < -0.3 is 10.2 Å². The van der Waals surface area contributed by atoms with Crippen molar-refractivity contribution >= 4 is 5.97 Å². The van der Waals surface area contributed by atoms with Gasteiger partial charge in [0.25, 0.3) is 0 Å². The summed E-state index contributed by atoms with van der Waals surface area (Å²) in [6, 6.07) is 8.81. The van der Waals surface area contributed by atoms with Crippen molar-refractivity contribution in [2.24, 2.45) is 0 Å². The number of aliphatic hydroxyl groups is 2. The van der Waals surface area contributed by atoms with Crippen LogP contribution in [0.2, 0.25) is 0 Å². The number of carbonyl (C=O) groups excluding carboxylic acids is 1. The maximum atomic E-state index is 10.1. The second-order valence-electron chi connectivity index (χ2n) is 3.55. The molecule has 106 valence electrons. The second kappa shape index (κ2) is 9.27. The monoisotopic (exact) mass is 268 g/mol. The fraction of sp³-hybridized carbons (Fsp3) is 0.357. The van der Waals surface area contributed by atoms with Crippen molar-refractivity contribution in [1.29, 1.82) is 0 Å². The summed E-state index contributed by atoms with van der Waals surface area (Å²) >= 11 is 0. The van der Waals surface area contributed by atoms with Crippen LogP contribution in [-0.2, 0) is 20.4 Å². The topological polar surface area (TPSA) is 76.0 Å². The van der Waals surface area contributed by atoms with Gasteiger partial charge in [-0.3, -0.25) is 4.89 Å². The first-order valence-electron chi connectivity index (χ1n) is 5.94. The molecule has 0 heterocycles. The van der Waals surface area contributed by atoms with E-state index in [1.165, 1.54) is 0 Å². The summed E-state index contributed by atoms with van der Waals surface area (Å²) < 4.78 is 0. The fourth-order valence-electron chi connectivity index (χ4n) is 1.06. The molecule has 0 bridgehead atoms. The summed E-state index contributed by atoms with van der Waals surface area (Å²) in [6.07, 6.45) is 1.34. The van der Waals surface area contributed by atoms with Crippen molar-refractivity contribution in [3.8, 4) is 0 Å². The van der Waals surface area contributed by atoms with Gasteiger partial charge in [-0.1, -0.05) is 43.8 Å². The maximum absolute atomic E-state index is 10.1. The first kappa shape index (κ1) is 17.3. The summed E-state index contributed by atoms with van der Waals surface area (Å²) in [5.74, 6) is -2.23. The third-order valence-corrected chi connectivity index (χ3v) is 2.15. The van der Waals surface area contributed by atoms with Crippen LogP contribution in [0.15, 0.2) is 43.0 Å². The zero-order valence-corrected chi connectivity index (χ0v) is 11.2. The van der Waals surface area contributed by atoms with E-state index in [0.717, 1.165) is 6.08 Å². The van der Waals surface area contributed by atoms with Crippen LogP contribution in [0.5, 0.6) is 0 Å². The molecule has 1 rings (SSSR count). The normalized spacial score (nSPS) is 10.1. The van der Waals surface area contributed by atoms with E-state index in [1.54, 1.807) is 38.1 Å². The Kier molecular flexibility index (Phi) is 8.44. The molecule has 0 spiro atoms. The average Bonchev–Trinajstić information content (AvgIpc) is 2.46. The van der Waals surface area contributed by atoms with Gasteiger partial charge in [0.05, 0.1) is 6.61 Å². The highest BCUT2D eigenvalue weighted by atomic mass is 17.2. The molecule has 0 unspecified atom stereocenters. The molecule has 2 N–H and O–H groups in total. The molecule has 0 aromatic heterocycles. The molecule has 0 aliphatic rings. The minimum atomic E-state index is -1.67. The van der Waals surface area contributed by atoms with Gasteiger partial charge in [-0.2, -0.15) is 4.89 Å². The Morgan fingerprint density at radius 2 is 1.89 bits per heavy atom. The van der Waals surface area contributed by atoms with Gasteiger partial charge in [0, 0.05) is 18.1 Å². The van der Waals surface area contributed by atoms with Crippen LogP contribution < -0.4 is 0 Å². The van der Waals surface area contributed by atoms with Gasteiger partial charge in [-0.05, 0) is 6.92 Å². The SMILES string of the molecule is C=CC(=O)OOCC.CCC(O)(O)c1ccccc1. The summed E-state index contributed by atoms with van der Waals surface area (Å²) in [7, 11) is 0. The van der Waals surface area contributed by atoms with Gasteiger partial charge in [0.1, 0.15) is 0 Å². The number of benzene rings is 1. The molecular weight excluding hydrogens is 248 g/mol. The van der Waals surface area contributed by atoms with E-state index >= 15 is 0 Å². The molecule has 0 radical (unpaired) electrons. The Labute approximate surface area is 113 Å². The lowest BCUT2D eigenvalue weighted by atomic mass is 10.0. The number of carbonyl (C=O) groups is 1. The molecule has 0 amide bonds. The van der Waals surface area contributed by atoms with Gasteiger partial charge in [-0.15, -0.1) is 0 Å². The Morgan fingerprint density at radius 1 is 1.32 bits per heavy atom. The molecule has 0 atom stereocenters. The van der Waals surface area contributed by atoms with Crippen molar-refractivity contribution in [1.82, 2.24) is 0 Å². The molecule has 5 heteroatoms. The zero-order valence-electron chi connectivity index (χ0n) is 11.2. The van der Waals surface area contributed by atoms with Crippen molar-refractivity contribution in [3.05, 3.63) is 48.6 Å². The highest BCUT2D eigenvalue weighted by Gasteiger charge is 2.21. The minimum absolute atomic E-state index is 0.303. The van der Waals surface area contributed by atoms with Crippen molar-refractivity contribution < 1.29 is 24.8 Å². The van der Waals surface area contributed by atoms with E-state index in [1.807, 2.05) is 6.07 Å². The summed E-state index contributed by atoms with van der Waals surface area (Å²) in [6.45, 7) is 6.97. The van der Waals surface area contributed by atoms with E-state index in [2.05, 4.69) is 16.4 Å². The third kappa shape index (κ3) is 7.35. The van der Waals surface area contributed by atoms with Crippen molar-refractivity contribution in [3.63, 3.8) is 0 Å². The highest BCUT2D eigenvalue weighted by Crippen LogP contribution is 2.20. The largest absolute Gasteiger partial charge is 0.365 e. The Balaban J connectivity index is 0.000000362. The van der Waals surface area contributed by atoms with E-state index in [0.29, 0.717) is 18.6 Å². The maximum Gasteiger partial charge on any atom is 0.365 e. The predicted molar refractivity (Wildman–Crippen MR) is 70.8 cm³/mol. The van der Waals surface area contributed by atoms with Crippen LogP contribution in [0.25, 0.3) is 0 Å². The van der Waals surface area contributed by atoms with Crippen LogP contribution in [0.1, 0.15) is 25.8 Å². The first-order chi connectivity index (χ1) is 8.97. The van der Waals surface area contributed by atoms with Gasteiger partial charge in [0.2, 0.25) is 0 Å². The van der Waals surface area contributed by atoms with Gasteiger partial charge in [0.15, 0.2) is 5.79 Å². The molecule has 0 aliphatic carbocycles. The standard InChI is InChI=1S/C9H12O2.C5H8O3/c1-2-9(10,11)8-6-4-3-5-7-8;1-3-5(6)8-7-4-2/h3-7,10-11H,2H2,1H3;3H,1,4H2,2H3. The molecular formula is C14H20O5. The Morgan fingerprint density at radius 3 is 2.32 bits per heavy atom. The molecule has 0 aliphatic heterocycles. The lowest BCUT2D eigenvalue weighted by Crippen LogP contribution is -2.23. The smallest absolute Gasteiger partial charge is 0.362 e. The zero-order chi connectivity index (χ0) is 14.7. The van der Waals surface area contributed by atoms with Crippen LogP contribution in [0, 0.1) is 0 Å². The van der Waals surface area contributed by atoms with Crippen molar-refractivity contribution in [2.75, 3.05) is 6.61 Å². The Bertz CT molecular complexity index is 373. The number of hydrogen-bond donors (Lipinski definition) is 2. The van der Waals surface area contributed by atoms with E-state index in [-0.39, 0.29) is 0 Å². The number of hydrogen-bond acceptors (Lipinski definition) is 5. The average molecular weight is 268 g/mol. The molecule has 1 aromatic rings. The third-order valence-electron chi connectivity index (χ3n) is 2.15. The van der Waals surface area contributed by atoms with Crippen LogP contribution in [0.4, 0.5) is 0 Å². The van der Waals surface area contributed by atoms with Crippen LogP contribution >= 0.6 is 0 Å². The lowest BCUT2D eigenvalue weighted by Gasteiger charge is -2.19. The molecule has 1 aromatic carbocycles. The molecule has 0 fully saturated rings. The molecule has 5 nitrogen and oxygen atoms in total. The fourth-order valence-corrected chi connectivity index (χ4v) is 1.06. The molecule has 19 heavy (non-hydrogen) atoms. The van der Waals surface area contributed by atoms with Crippen molar-refractivity contribution in [2.45, 2.75) is 26.1 Å². The Hall–Kier alpha value is -1.69. The summed E-state index contributed by atoms with van der Waals surface area (Å²) in [5.41, 5.74) is 0.544. The van der Waals surface area contributed by atoms with Gasteiger partial charge in [-0.25, -0.2) is 4.79 Å². The molecule has 0 saturated heterocycles. The first-order valence-corrected chi connectivity index (χ1v) is 5.94. The molecule has 0 saturated carbocycles. The van der Waals surface area contributed by atoms with Crippen LogP contribution in [-0.4, -0.2) is 22.8 Å². The van der Waals surface area contributed by atoms with Crippen LogP contribution in [0.3, 0.4) is 0 Å².